The Labute approximate surface area is 109 Å². The molecule has 1 aromatic heterocycles. The molecule has 2 aromatic rings. The lowest BCUT2D eigenvalue weighted by Crippen LogP contribution is -2.27. The number of nitrogens with one attached hydrogen (secondary N) is 2. The Kier molecular flexibility index (Phi) is 3.75. The average molecular weight is 260 g/mol. The van der Waals surface area contributed by atoms with Gasteiger partial charge in [-0.15, -0.1) is 0 Å². The number of carbonyl (C=O) groups is 1. The molecule has 1 unspecified atom stereocenters. The molecule has 0 aliphatic heterocycles. The molecule has 0 spiro atoms. The van der Waals surface area contributed by atoms with Crippen molar-refractivity contribution in [3.8, 4) is 0 Å². The van der Waals surface area contributed by atoms with Gasteiger partial charge in [0, 0.05) is 12.3 Å². The molecule has 2 N–H and O–H groups in total. The third-order valence-electron chi connectivity index (χ3n) is 2.74. The first kappa shape index (κ1) is 13.0. The molecule has 1 atom stereocenters. The highest BCUT2D eigenvalue weighted by molar-refractivity contribution is 5.94. The van der Waals surface area contributed by atoms with Crippen LogP contribution in [0.25, 0.3) is 0 Å². The van der Waals surface area contributed by atoms with Crippen molar-refractivity contribution in [1.82, 2.24) is 10.3 Å². The van der Waals surface area contributed by atoms with Gasteiger partial charge in [-0.3, -0.25) is 9.59 Å². The summed E-state index contributed by atoms with van der Waals surface area (Å²) in [6, 6.07) is 8.44. The third kappa shape index (κ3) is 3.28. The smallest absolute Gasteiger partial charge is 0.253 e. The van der Waals surface area contributed by atoms with Gasteiger partial charge in [0.05, 0.1) is 11.6 Å². The van der Waals surface area contributed by atoms with Crippen molar-refractivity contribution in [2.24, 2.45) is 0 Å². The van der Waals surface area contributed by atoms with Gasteiger partial charge in [-0.1, -0.05) is 12.1 Å². The maximum absolute atomic E-state index is 13.1. The molecule has 0 bridgehead atoms. The van der Waals surface area contributed by atoms with Crippen LogP contribution in [0.1, 0.15) is 28.9 Å². The molecule has 0 saturated heterocycles. The van der Waals surface area contributed by atoms with Gasteiger partial charge in [-0.05, 0) is 30.7 Å². The first-order chi connectivity index (χ1) is 9.06. The van der Waals surface area contributed by atoms with E-state index in [2.05, 4.69) is 10.3 Å². The van der Waals surface area contributed by atoms with E-state index >= 15 is 0 Å². The van der Waals surface area contributed by atoms with Crippen molar-refractivity contribution < 1.29 is 9.18 Å². The summed E-state index contributed by atoms with van der Waals surface area (Å²) in [6.45, 7) is 1.76. The van der Waals surface area contributed by atoms with Gasteiger partial charge in [0.2, 0.25) is 5.56 Å². The quantitative estimate of drug-likeness (QED) is 0.886. The molecule has 1 amide bonds. The number of carbonyl (C=O) groups excluding carboxylic acids is 1. The fourth-order valence-electron chi connectivity index (χ4n) is 1.69. The zero-order valence-corrected chi connectivity index (χ0v) is 10.3. The molecule has 0 radical (unpaired) electrons. The Morgan fingerprint density at radius 3 is 2.74 bits per heavy atom. The summed E-state index contributed by atoms with van der Waals surface area (Å²) in [4.78, 5) is 25.2. The van der Waals surface area contributed by atoms with Crippen LogP contribution in [0.4, 0.5) is 4.39 Å². The molecular weight excluding hydrogens is 247 g/mol. The van der Waals surface area contributed by atoms with E-state index in [1.54, 1.807) is 19.1 Å². The number of hydrogen-bond donors (Lipinski definition) is 2. The zero-order valence-electron chi connectivity index (χ0n) is 10.3. The van der Waals surface area contributed by atoms with Crippen molar-refractivity contribution >= 4 is 5.91 Å². The van der Waals surface area contributed by atoms with Crippen LogP contribution in [0.3, 0.4) is 0 Å². The summed E-state index contributed by atoms with van der Waals surface area (Å²) in [7, 11) is 0. The SMILES string of the molecule is CC(NC(=O)c1ccc(=O)[nH]c1)c1cccc(F)c1. The summed E-state index contributed by atoms with van der Waals surface area (Å²) in [6.07, 6.45) is 1.34. The molecule has 0 aliphatic rings. The molecule has 98 valence electrons. The lowest BCUT2D eigenvalue weighted by atomic mass is 10.1. The van der Waals surface area contributed by atoms with E-state index in [-0.39, 0.29) is 23.3 Å². The van der Waals surface area contributed by atoms with Crippen LogP contribution < -0.4 is 10.9 Å². The predicted octanol–water partition coefficient (Wildman–Crippen LogP) is 2.00. The van der Waals surface area contributed by atoms with Gasteiger partial charge in [0.15, 0.2) is 0 Å². The van der Waals surface area contributed by atoms with Gasteiger partial charge >= 0.3 is 0 Å². The maximum atomic E-state index is 13.1. The molecular formula is C14H13FN2O2. The Hall–Kier alpha value is -2.43. The molecule has 5 heteroatoms. The lowest BCUT2D eigenvalue weighted by Gasteiger charge is -2.14. The molecule has 1 heterocycles. The highest BCUT2D eigenvalue weighted by atomic mass is 19.1. The van der Waals surface area contributed by atoms with Crippen LogP contribution in [-0.2, 0) is 0 Å². The summed E-state index contributed by atoms with van der Waals surface area (Å²) < 4.78 is 13.1. The molecule has 1 aromatic carbocycles. The lowest BCUT2D eigenvalue weighted by molar-refractivity contribution is 0.0939. The van der Waals surface area contributed by atoms with Gasteiger partial charge in [-0.25, -0.2) is 4.39 Å². The normalized spacial score (nSPS) is 11.9. The highest BCUT2D eigenvalue weighted by Crippen LogP contribution is 2.13. The van der Waals surface area contributed by atoms with Gasteiger partial charge in [-0.2, -0.15) is 0 Å². The number of pyridine rings is 1. The third-order valence-corrected chi connectivity index (χ3v) is 2.74. The number of amides is 1. The first-order valence-corrected chi connectivity index (χ1v) is 5.81. The maximum Gasteiger partial charge on any atom is 0.253 e. The van der Waals surface area contributed by atoms with Crippen LogP contribution >= 0.6 is 0 Å². The van der Waals surface area contributed by atoms with Crippen LogP contribution in [0, 0.1) is 5.82 Å². The molecule has 0 fully saturated rings. The minimum Gasteiger partial charge on any atom is -0.345 e. The topological polar surface area (TPSA) is 62.0 Å². The molecule has 19 heavy (non-hydrogen) atoms. The van der Waals surface area contributed by atoms with Crippen molar-refractivity contribution in [2.75, 3.05) is 0 Å². The zero-order chi connectivity index (χ0) is 13.8. The second-order valence-electron chi connectivity index (χ2n) is 4.19. The molecule has 0 aliphatic carbocycles. The summed E-state index contributed by atoms with van der Waals surface area (Å²) in [5, 5.41) is 2.73. The number of halogens is 1. The Morgan fingerprint density at radius 2 is 2.11 bits per heavy atom. The molecule has 4 nitrogen and oxygen atoms in total. The first-order valence-electron chi connectivity index (χ1n) is 5.81. The van der Waals surface area contributed by atoms with Crippen molar-refractivity contribution in [1.29, 1.82) is 0 Å². The Bertz CT molecular complexity index is 631. The number of hydrogen-bond acceptors (Lipinski definition) is 2. The van der Waals surface area contributed by atoms with Crippen LogP contribution in [-0.4, -0.2) is 10.9 Å². The number of rotatable bonds is 3. The summed E-state index contributed by atoms with van der Waals surface area (Å²) >= 11 is 0. The monoisotopic (exact) mass is 260 g/mol. The van der Waals surface area contributed by atoms with Crippen LogP contribution in [0.2, 0.25) is 0 Å². The second kappa shape index (κ2) is 5.48. The Morgan fingerprint density at radius 1 is 1.32 bits per heavy atom. The summed E-state index contributed by atoms with van der Waals surface area (Å²) in [5.74, 6) is -0.671. The van der Waals surface area contributed by atoms with Crippen molar-refractivity contribution in [3.63, 3.8) is 0 Å². The fourth-order valence-corrected chi connectivity index (χ4v) is 1.69. The average Bonchev–Trinajstić information content (AvgIpc) is 2.39. The summed E-state index contributed by atoms with van der Waals surface area (Å²) in [5.41, 5.74) is 0.760. The van der Waals surface area contributed by atoms with Crippen LogP contribution in [0.5, 0.6) is 0 Å². The van der Waals surface area contributed by atoms with Crippen LogP contribution in [0.15, 0.2) is 47.4 Å². The minimum absolute atomic E-state index is 0.269. The largest absolute Gasteiger partial charge is 0.345 e. The van der Waals surface area contributed by atoms with Gasteiger partial charge in [0.1, 0.15) is 5.82 Å². The Balaban J connectivity index is 2.10. The fraction of sp³-hybridized carbons (Fsp3) is 0.143. The van der Waals surface area contributed by atoms with E-state index in [4.69, 9.17) is 0 Å². The van der Waals surface area contributed by atoms with E-state index in [0.29, 0.717) is 11.1 Å². The number of benzene rings is 1. The van der Waals surface area contributed by atoms with E-state index < -0.39 is 0 Å². The number of aromatic nitrogens is 1. The van der Waals surface area contributed by atoms with Gasteiger partial charge in [0.25, 0.3) is 5.91 Å². The van der Waals surface area contributed by atoms with Crippen molar-refractivity contribution in [3.05, 3.63) is 69.9 Å². The molecule has 0 saturated carbocycles. The second-order valence-corrected chi connectivity index (χ2v) is 4.19. The van der Waals surface area contributed by atoms with Gasteiger partial charge < -0.3 is 10.3 Å². The standard InChI is InChI=1S/C14H13FN2O2/c1-9(10-3-2-4-12(15)7-10)17-14(19)11-5-6-13(18)16-8-11/h2-9H,1H3,(H,16,18)(H,17,19). The minimum atomic E-state index is -0.345. The van der Waals surface area contributed by atoms with E-state index in [9.17, 15) is 14.0 Å². The van der Waals surface area contributed by atoms with E-state index in [1.165, 1.54) is 30.5 Å². The number of H-pyrrole nitrogens is 1. The van der Waals surface area contributed by atoms with E-state index in [1.807, 2.05) is 0 Å². The molecule has 2 rings (SSSR count). The highest BCUT2D eigenvalue weighted by Gasteiger charge is 2.11. The number of aromatic amines is 1. The van der Waals surface area contributed by atoms with Crippen molar-refractivity contribution in [2.45, 2.75) is 13.0 Å². The predicted molar refractivity (Wildman–Crippen MR) is 69.3 cm³/mol. The van der Waals surface area contributed by atoms with E-state index in [0.717, 1.165) is 0 Å².